The molecule has 0 aromatic heterocycles. The fraction of sp³-hybridized carbons (Fsp3) is 0.714. The monoisotopic (exact) mass is 296 g/mol. The van der Waals surface area contributed by atoms with Crippen LogP contribution in [0.1, 0.15) is 37.1 Å². The van der Waals surface area contributed by atoms with Gasteiger partial charge in [-0.2, -0.15) is 0 Å². The normalized spacial score (nSPS) is 3.43. The van der Waals surface area contributed by atoms with E-state index in [0.29, 0.717) is 0 Å². The maximum Gasteiger partial charge on any atom is 2.00 e. The predicted molar refractivity (Wildman–Crippen MR) is 67.6 cm³/mol. The van der Waals surface area contributed by atoms with Crippen molar-refractivity contribution in [3.8, 4) is 0 Å². The summed E-state index contributed by atoms with van der Waals surface area (Å²) in [6.45, 7) is 0. The summed E-state index contributed by atoms with van der Waals surface area (Å²) in [6, 6.07) is 0. The molecule has 0 aliphatic rings. The van der Waals surface area contributed by atoms with Crippen LogP contribution in [-0.4, -0.2) is 10.5 Å². The van der Waals surface area contributed by atoms with Gasteiger partial charge in [-0.3, -0.25) is 0 Å². The van der Waals surface area contributed by atoms with Crippen molar-refractivity contribution >= 4 is 35.7 Å². The van der Waals surface area contributed by atoms with Gasteiger partial charge >= 0.3 is 19.5 Å². The summed E-state index contributed by atoms with van der Waals surface area (Å²) in [4.78, 5) is 18.1. The summed E-state index contributed by atoms with van der Waals surface area (Å²) in [5.74, 6) is 0. The summed E-state index contributed by atoms with van der Waals surface area (Å²) in [5.41, 5.74) is 8.57. The van der Waals surface area contributed by atoms with Crippen LogP contribution in [0.2, 0.25) is 0 Å². The van der Waals surface area contributed by atoms with E-state index in [9.17, 15) is 0 Å². The van der Waals surface area contributed by atoms with Gasteiger partial charge in [0.1, 0.15) is 0 Å². The van der Waals surface area contributed by atoms with E-state index < -0.39 is 10.5 Å². The van der Waals surface area contributed by atoms with Gasteiger partial charge in [0.05, 0.1) is 10.5 Å². The molecule has 0 fully saturated rings. The van der Waals surface area contributed by atoms with E-state index in [1.54, 1.807) is 0 Å². The second-order valence-electron chi connectivity index (χ2n) is 0.638. The largest absolute Gasteiger partial charge is 2.00 e. The van der Waals surface area contributed by atoms with Crippen LogP contribution < -0.4 is 11.5 Å². The van der Waals surface area contributed by atoms with Crippen molar-refractivity contribution in [2.24, 2.45) is 11.5 Å². The number of amides is 2. The molecule has 0 aliphatic carbocycles. The quantitative estimate of drug-likeness (QED) is 0.531. The average Bonchev–Trinajstić information content (AvgIpc) is 1.25. The van der Waals surface area contributed by atoms with E-state index in [-0.39, 0.29) is 56.6 Å². The van der Waals surface area contributed by atoms with Gasteiger partial charge in [0.15, 0.2) is 0 Å². The first-order valence-electron chi connectivity index (χ1n) is 1.39. The zero-order valence-electron chi connectivity index (χ0n) is 4.49. The van der Waals surface area contributed by atoms with Gasteiger partial charge in [0, 0.05) is 0 Å². The van der Waals surface area contributed by atoms with E-state index in [4.69, 9.17) is 9.59 Å². The van der Waals surface area contributed by atoms with Crippen molar-refractivity contribution in [3.63, 3.8) is 0 Å². The van der Waals surface area contributed by atoms with Crippen LogP contribution in [0.5, 0.6) is 0 Å². The molecule has 0 saturated carbocycles. The number of primary amides is 2. The molecule has 0 aromatic rings. The Morgan fingerprint density at radius 1 is 0.714 bits per heavy atom. The Morgan fingerprint density at radius 2 is 0.714 bits per heavy atom. The smallest absolute Gasteiger partial charge is 0.719 e. The third-order valence-corrected chi connectivity index (χ3v) is 0. The van der Waals surface area contributed by atoms with Crippen LogP contribution in [0.15, 0.2) is 0 Å². The number of hydrogen-bond acceptors (Lipinski definition) is 4. The van der Waals surface area contributed by atoms with Crippen molar-refractivity contribution in [2.45, 2.75) is 37.1 Å². The summed E-state index contributed by atoms with van der Waals surface area (Å²) < 4.78 is 0. The van der Waals surface area contributed by atoms with Gasteiger partial charge in [-0.15, -0.1) is 0 Å². The zero-order chi connectivity index (χ0) is 7.15. The molecule has 0 bridgehead atoms. The topological polar surface area (TPSA) is 86.2 Å². The van der Waals surface area contributed by atoms with Crippen molar-refractivity contribution in [2.75, 3.05) is 0 Å². The minimum absolute atomic E-state index is 0. The van der Waals surface area contributed by atoms with Gasteiger partial charge in [-0.25, -0.2) is 0 Å². The molecule has 14 heavy (non-hydrogen) atoms. The maximum absolute atomic E-state index is 9.04. The Labute approximate surface area is 113 Å². The Balaban J connectivity index is -0.00000000600. The summed E-state index contributed by atoms with van der Waals surface area (Å²) >= 11 is 7.52. The molecular formula is C7H24N2O2S2Zn. The number of hydrogen-bond donors (Lipinski definition) is 2. The van der Waals surface area contributed by atoms with E-state index in [1.807, 2.05) is 0 Å². The van der Waals surface area contributed by atoms with Crippen LogP contribution in [0.25, 0.3) is 0 Å². The number of carbonyl (C=O) groups excluding carboxylic acids is 2. The molecule has 0 heterocycles. The van der Waals surface area contributed by atoms with Gasteiger partial charge in [-0.05, 0) is 0 Å². The first kappa shape index (κ1) is 65.7. The fourth-order valence-corrected chi connectivity index (χ4v) is 0. The van der Waals surface area contributed by atoms with Gasteiger partial charge < -0.3 is 46.3 Å². The van der Waals surface area contributed by atoms with E-state index in [1.165, 1.54) is 0 Å². The molecule has 0 rings (SSSR count). The minimum atomic E-state index is -0.750. The molecule has 0 radical (unpaired) electrons. The molecule has 2 amide bonds. The van der Waals surface area contributed by atoms with Crippen molar-refractivity contribution in [1.29, 1.82) is 0 Å². The van der Waals surface area contributed by atoms with Crippen LogP contribution in [-0.2, 0) is 44.7 Å². The predicted octanol–water partition coefficient (Wildman–Crippen LogP) is 2.40. The molecule has 0 spiro atoms. The number of carbonyl (C=O) groups is 2. The summed E-state index contributed by atoms with van der Waals surface area (Å²) in [5, 5.41) is -1.50. The molecule has 0 unspecified atom stereocenters. The fourth-order valence-electron chi connectivity index (χ4n) is 0. The second-order valence-corrected chi connectivity index (χ2v) is 1.44. The first-order chi connectivity index (χ1) is 3.46. The van der Waals surface area contributed by atoms with Crippen LogP contribution >= 0.6 is 0 Å². The van der Waals surface area contributed by atoms with E-state index in [2.05, 4.69) is 36.7 Å². The Bertz CT molecular complexity index is 85.7. The minimum Gasteiger partial charge on any atom is -0.719 e. The SMILES string of the molecule is C.C.C.C.C.NC(=O)[S-].NC(=O)[S-].[Zn+2]. The summed E-state index contributed by atoms with van der Waals surface area (Å²) in [6.07, 6.45) is 0. The summed E-state index contributed by atoms with van der Waals surface area (Å²) in [7, 11) is 0. The van der Waals surface area contributed by atoms with Gasteiger partial charge in [0.25, 0.3) is 0 Å². The van der Waals surface area contributed by atoms with Gasteiger partial charge in [0.2, 0.25) is 0 Å². The van der Waals surface area contributed by atoms with Crippen molar-refractivity contribution in [1.82, 2.24) is 0 Å². The molecule has 4 N–H and O–H groups in total. The third kappa shape index (κ3) is 127000000. The van der Waals surface area contributed by atoms with Crippen molar-refractivity contribution in [3.05, 3.63) is 0 Å². The molecule has 88 valence electrons. The molecule has 0 aromatic carbocycles. The maximum atomic E-state index is 9.04. The van der Waals surface area contributed by atoms with Crippen LogP contribution in [0.4, 0.5) is 9.59 Å². The first-order valence-corrected chi connectivity index (χ1v) is 2.21. The third-order valence-electron chi connectivity index (χ3n) is 0. The Morgan fingerprint density at radius 3 is 0.714 bits per heavy atom. The Hall–Kier alpha value is 0.00338. The van der Waals surface area contributed by atoms with Crippen LogP contribution in [0.3, 0.4) is 0 Å². The van der Waals surface area contributed by atoms with Crippen molar-refractivity contribution < 1.29 is 29.1 Å². The second kappa shape index (κ2) is 52.0. The molecular weight excluding hydrogens is 274 g/mol. The standard InChI is InChI=1S/2CH3NOS.5CH4.Zn/c2*2-1(3)4;;;;;;/h2*(H3,2,3,4);5*1H4;/q;;;;;;;+2/p-2. The molecule has 0 aliphatic heterocycles. The molecule has 0 atom stereocenters. The number of nitrogens with two attached hydrogens (primary N) is 2. The zero-order valence-corrected chi connectivity index (χ0v) is 9.09. The Kier molecular flexibility index (Phi) is 244. The van der Waals surface area contributed by atoms with E-state index in [0.717, 1.165) is 0 Å². The number of rotatable bonds is 0. The molecule has 4 nitrogen and oxygen atoms in total. The molecule has 0 saturated heterocycles. The molecule has 7 heteroatoms. The van der Waals surface area contributed by atoms with Gasteiger partial charge in [-0.1, -0.05) is 37.1 Å². The van der Waals surface area contributed by atoms with Crippen LogP contribution in [0, 0.1) is 0 Å². The average molecular weight is 298 g/mol. The van der Waals surface area contributed by atoms with E-state index >= 15 is 0 Å².